The average molecular weight is 374 g/mol. The molecule has 0 heterocycles. The van der Waals surface area contributed by atoms with Gasteiger partial charge in [-0.3, -0.25) is 0 Å². The van der Waals surface area contributed by atoms with Crippen molar-refractivity contribution in [1.29, 1.82) is 0 Å². The number of ether oxygens (including phenoxy) is 1. The molecule has 2 nitrogen and oxygen atoms in total. The van der Waals surface area contributed by atoms with Gasteiger partial charge >= 0.3 is 0 Å². The molecule has 0 fully saturated rings. The summed E-state index contributed by atoms with van der Waals surface area (Å²) in [6.45, 7) is 4.24. The van der Waals surface area contributed by atoms with Crippen LogP contribution in [-0.2, 0) is 13.2 Å². The van der Waals surface area contributed by atoms with E-state index in [2.05, 4.69) is 42.6 Å². The van der Waals surface area contributed by atoms with Crippen molar-refractivity contribution in [3.63, 3.8) is 0 Å². The number of benzene rings is 3. The zero-order valence-corrected chi connectivity index (χ0v) is 15.7. The molecular weight excluding hydrogens is 353 g/mol. The van der Waals surface area contributed by atoms with E-state index in [1.54, 1.807) is 0 Å². The van der Waals surface area contributed by atoms with Crippen LogP contribution in [0.1, 0.15) is 24.5 Å². The van der Waals surface area contributed by atoms with Crippen LogP contribution in [-0.4, -0.2) is 6.54 Å². The Bertz CT molecular complexity index is 843. The maximum absolute atomic E-state index is 6.26. The highest BCUT2D eigenvalue weighted by Gasteiger charge is 2.11. The highest BCUT2D eigenvalue weighted by molar-refractivity contribution is 6.35. The molecule has 0 saturated heterocycles. The second kappa shape index (κ2) is 8.57. The van der Waals surface area contributed by atoms with E-state index >= 15 is 0 Å². The first-order chi connectivity index (χ1) is 12.2. The van der Waals surface area contributed by atoms with Gasteiger partial charge in [-0.2, -0.15) is 0 Å². The summed E-state index contributed by atoms with van der Waals surface area (Å²) in [4.78, 5) is 0. The van der Waals surface area contributed by atoms with E-state index in [4.69, 9.17) is 27.9 Å². The molecule has 25 heavy (non-hydrogen) atoms. The standard InChI is InChI=1S/C21H21Cl2NO/c1-2-12-24-13-17-16-7-4-3-6-15(16)10-11-21(17)25-14-18-19(22)8-5-9-20(18)23/h3-11,24H,2,12-14H2,1H3. The van der Waals surface area contributed by atoms with Gasteiger partial charge < -0.3 is 10.1 Å². The summed E-state index contributed by atoms with van der Waals surface area (Å²) in [6.07, 6.45) is 1.09. The Morgan fingerprint density at radius 3 is 2.40 bits per heavy atom. The summed E-state index contributed by atoms with van der Waals surface area (Å²) in [6, 6.07) is 18.0. The fourth-order valence-corrected chi connectivity index (χ4v) is 3.35. The minimum Gasteiger partial charge on any atom is -0.488 e. The second-order valence-electron chi connectivity index (χ2n) is 5.93. The molecule has 0 aromatic heterocycles. The molecule has 0 unspecified atom stereocenters. The van der Waals surface area contributed by atoms with E-state index in [-0.39, 0.29) is 0 Å². The van der Waals surface area contributed by atoms with Crippen LogP contribution in [0.25, 0.3) is 10.8 Å². The Hall–Kier alpha value is -1.74. The molecule has 0 aliphatic rings. The van der Waals surface area contributed by atoms with Gasteiger partial charge in [0.15, 0.2) is 0 Å². The van der Waals surface area contributed by atoms with Crippen LogP contribution in [0.2, 0.25) is 10.0 Å². The third-order valence-corrected chi connectivity index (χ3v) is 4.87. The van der Waals surface area contributed by atoms with Crippen LogP contribution in [0, 0.1) is 0 Å². The van der Waals surface area contributed by atoms with Crippen molar-refractivity contribution in [1.82, 2.24) is 5.32 Å². The average Bonchev–Trinajstić information content (AvgIpc) is 2.62. The quantitative estimate of drug-likeness (QED) is 0.495. The van der Waals surface area contributed by atoms with Crippen LogP contribution in [0.4, 0.5) is 0 Å². The van der Waals surface area contributed by atoms with Gasteiger partial charge in [0, 0.05) is 27.7 Å². The molecular formula is C21H21Cl2NO. The Morgan fingerprint density at radius 2 is 1.64 bits per heavy atom. The van der Waals surface area contributed by atoms with Crippen molar-refractivity contribution in [2.45, 2.75) is 26.5 Å². The Balaban J connectivity index is 1.90. The van der Waals surface area contributed by atoms with Gasteiger partial charge in [-0.05, 0) is 41.9 Å². The van der Waals surface area contributed by atoms with Gasteiger partial charge in [-0.25, -0.2) is 0 Å². The van der Waals surface area contributed by atoms with Crippen molar-refractivity contribution in [3.05, 3.63) is 75.8 Å². The first-order valence-electron chi connectivity index (χ1n) is 8.47. The van der Waals surface area contributed by atoms with Gasteiger partial charge in [0.25, 0.3) is 0 Å². The third-order valence-electron chi connectivity index (χ3n) is 4.16. The van der Waals surface area contributed by atoms with Gasteiger partial charge in [-0.1, -0.05) is 66.5 Å². The zero-order chi connectivity index (χ0) is 17.6. The van der Waals surface area contributed by atoms with Crippen LogP contribution in [0.5, 0.6) is 5.75 Å². The molecule has 0 saturated carbocycles. The molecule has 130 valence electrons. The highest BCUT2D eigenvalue weighted by atomic mass is 35.5. The van der Waals surface area contributed by atoms with E-state index in [1.807, 2.05) is 24.3 Å². The lowest BCUT2D eigenvalue weighted by Crippen LogP contribution is -2.15. The lowest BCUT2D eigenvalue weighted by Gasteiger charge is -2.16. The van der Waals surface area contributed by atoms with E-state index in [1.165, 1.54) is 10.8 Å². The fourth-order valence-electron chi connectivity index (χ4n) is 2.84. The van der Waals surface area contributed by atoms with Crippen LogP contribution >= 0.6 is 23.2 Å². The van der Waals surface area contributed by atoms with E-state index < -0.39 is 0 Å². The predicted octanol–water partition coefficient (Wildman–Crippen LogP) is 6.23. The first-order valence-corrected chi connectivity index (χ1v) is 9.23. The summed E-state index contributed by atoms with van der Waals surface area (Å²) < 4.78 is 6.11. The van der Waals surface area contributed by atoms with Crippen LogP contribution < -0.4 is 10.1 Å². The van der Waals surface area contributed by atoms with Crippen molar-refractivity contribution in [2.75, 3.05) is 6.54 Å². The third kappa shape index (κ3) is 4.27. The van der Waals surface area contributed by atoms with Gasteiger partial charge in [0.05, 0.1) is 0 Å². The number of hydrogen-bond acceptors (Lipinski definition) is 2. The first kappa shape index (κ1) is 18.1. The summed E-state index contributed by atoms with van der Waals surface area (Å²) in [5.41, 5.74) is 1.97. The lowest BCUT2D eigenvalue weighted by molar-refractivity contribution is 0.303. The van der Waals surface area contributed by atoms with E-state index in [0.29, 0.717) is 16.7 Å². The predicted molar refractivity (Wildman–Crippen MR) is 107 cm³/mol. The molecule has 0 radical (unpaired) electrons. The molecule has 0 bridgehead atoms. The molecule has 0 atom stereocenters. The minimum atomic E-state index is 0.345. The topological polar surface area (TPSA) is 21.3 Å². The Kier molecular flexibility index (Phi) is 6.19. The summed E-state index contributed by atoms with van der Waals surface area (Å²) in [5.74, 6) is 0.860. The van der Waals surface area contributed by atoms with Crippen molar-refractivity contribution in [2.24, 2.45) is 0 Å². The monoisotopic (exact) mass is 373 g/mol. The summed E-state index contributed by atoms with van der Waals surface area (Å²) in [7, 11) is 0. The van der Waals surface area contributed by atoms with Crippen molar-refractivity contribution >= 4 is 34.0 Å². The normalized spacial score (nSPS) is 11.0. The zero-order valence-electron chi connectivity index (χ0n) is 14.2. The smallest absolute Gasteiger partial charge is 0.124 e. The second-order valence-corrected chi connectivity index (χ2v) is 6.74. The molecule has 0 spiro atoms. The van der Waals surface area contributed by atoms with Crippen molar-refractivity contribution < 1.29 is 4.74 Å². The van der Waals surface area contributed by atoms with E-state index in [9.17, 15) is 0 Å². The molecule has 0 aliphatic carbocycles. The molecule has 0 aliphatic heterocycles. The molecule has 3 aromatic carbocycles. The molecule has 1 N–H and O–H groups in total. The Morgan fingerprint density at radius 1 is 0.880 bits per heavy atom. The molecule has 3 aromatic rings. The van der Waals surface area contributed by atoms with Gasteiger partial charge in [-0.15, -0.1) is 0 Å². The maximum atomic E-state index is 6.26. The SMILES string of the molecule is CCCNCc1c(OCc2c(Cl)cccc2Cl)ccc2ccccc12. The van der Waals surface area contributed by atoms with E-state index in [0.717, 1.165) is 36.4 Å². The number of nitrogens with one attached hydrogen (secondary N) is 1. The number of hydrogen-bond donors (Lipinski definition) is 1. The maximum Gasteiger partial charge on any atom is 0.124 e. The van der Waals surface area contributed by atoms with Crippen molar-refractivity contribution in [3.8, 4) is 5.75 Å². The van der Waals surface area contributed by atoms with Crippen LogP contribution in [0.3, 0.4) is 0 Å². The fraction of sp³-hybridized carbons (Fsp3) is 0.238. The van der Waals surface area contributed by atoms with Crippen LogP contribution in [0.15, 0.2) is 54.6 Å². The molecule has 0 amide bonds. The summed E-state index contributed by atoms with van der Waals surface area (Å²) in [5, 5.41) is 7.13. The number of fused-ring (bicyclic) bond motifs is 1. The van der Waals surface area contributed by atoms with Gasteiger partial charge in [0.1, 0.15) is 12.4 Å². The lowest BCUT2D eigenvalue weighted by atomic mass is 10.0. The summed E-state index contributed by atoms with van der Waals surface area (Å²) >= 11 is 12.5. The largest absolute Gasteiger partial charge is 0.488 e. The minimum absolute atomic E-state index is 0.345. The number of rotatable bonds is 7. The Labute approximate surface area is 158 Å². The number of halogens is 2. The van der Waals surface area contributed by atoms with Gasteiger partial charge in [0.2, 0.25) is 0 Å². The molecule has 4 heteroatoms. The molecule has 3 rings (SSSR count). The highest BCUT2D eigenvalue weighted by Crippen LogP contribution is 2.31.